The molecule has 20 heavy (non-hydrogen) atoms. The Labute approximate surface area is 116 Å². The van der Waals surface area contributed by atoms with Crippen molar-refractivity contribution >= 4 is 11.8 Å². The van der Waals surface area contributed by atoms with Gasteiger partial charge in [0.25, 0.3) is 0 Å². The molecule has 104 valence electrons. The van der Waals surface area contributed by atoms with Crippen molar-refractivity contribution in [3.05, 3.63) is 29.3 Å². The van der Waals surface area contributed by atoms with Crippen LogP contribution in [0.25, 0.3) is 0 Å². The molecule has 0 radical (unpaired) electrons. The fourth-order valence-corrected chi connectivity index (χ4v) is 2.13. The Hall–Kier alpha value is -2.39. The molecule has 6 nitrogen and oxygen atoms in total. The number of nitriles is 1. The summed E-state index contributed by atoms with van der Waals surface area (Å²) in [6, 6.07) is 6.63. The lowest BCUT2D eigenvalue weighted by Gasteiger charge is -2.13. The number of carbonyl (C=O) groups excluding carboxylic acids is 2. The van der Waals surface area contributed by atoms with Crippen molar-refractivity contribution in [3.63, 3.8) is 0 Å². The number of hydrogen-bond acceptors (Lipinski definition) is 5. The van der Waals surface area contributed by atoms with Gasteiger partial charge in [-0.25, -0.2) is 0 Å². The molecule has 1 fully saturated rings. The van der Waals surface area contributed by atoms with E-state index in [-0.39, 0.29) is 18.2 Å². The number of rotatable bonds is 4. The second-order valence-corrected chi connectivity index (χ2v) is 4.57. The van der Waals surface area contributed by atoms with Gasteiger partial charge in [0.1, 0.15) is 5.75 Å². The van der Waals surface area contributed by atoms with Crippen molar-refractivity contribution in [1.29, 1.82) is 5.26 Å². The lowest BCUT2D eigenvalue weighted by atomic mass is 10.1. The number of hydrogen-bond donors (Lipinski definition) is 1. The molecule has 0 aromatic heterocycles. The maximum absolute atomic E-state index is 11.8. The lowest BCUT2D eigenvalue weighted by Crippen LogP contribution is -2.36. The number of carbonyl (C=O) groups is 2. The van der Waals surface area contributed by atoms with Crippen LogP contribution in [0.4, 0.5) is 0 Å². The van der Waals surface area contributed by atoms with Crippen LogP contribution in [0.2, 0.25) is 0 Å². The van der Waals surface area contributed by atoms with Crippen molar-refractivity contribution in [2.75, 3.05) is 14.2 Å². The van der Waals surface area contributed by atoms with Gasteiger partial charge in [-0.15, -0.1) is 0 Å². The number of methoxy groups -OCH3 is 1. The summed E-state index contributed by atoms with van der Waals surface area (Å²) in [5.74, 6) is 0.220. The molecule has 0 spiro atoms. The number of amides is 2. The minimum absolute atomic E-state index is 0.162. The number of ether oxygens (including phenoxy) is 1. The van der Waals surface area contributed by atoms with Crippen LogP contribution in [0.3, 0.4) is 0 Å². The van der Waals surface area contributed by atoms with Crippen LogP contribution in [-0.4, -0.2) is 36.9 Å². The highest BCUT2D eigenvalue weighted by Crippen LogP contribution is 2.20. The molecular weight excluding hydrogens is 258 g/mol. The Morgan fingerprint density at radius 3 is 2.80 bits per heavy atom. The first kappa shape index (κ1) is 14.0. The van der Waals surface area contributed by atoms with Gasteiger partial charge in [-0.1, -0.05) is 0 Å². The van der Waals surface area contributed by atoms with Gasteiger partial charge in [0.05, 0.1) is 31.2 Å². The molecule has 1 saturated heterocycles. The average molecular weight is 273 g/mol. The Kier molecular flexibility index (Phi) is 4.01. The first-order chi connectivity index (χ1) is 9.56. The van der Waals surface area contributed by atoms with Gasteiger partial charge < -0.3 is 10.1 Å². The maximum Gasteiger partial charge on any atom is 0.246 e. The molecule has 1 N–H and O–H groups in total. The Morgan fingerprint density at radius 1 is 1.50 bits per heavy atom. The minimum atomic E-state index is -0.511. The first-order valence-corrected chi connectivity index (χ1v) is 6.17. The third-order valence-corrected chi connectivity index (χ3v) is 3.33. The van der Waals surface area contributed by atoms with E-state index in [1.165, 1.54) is 7.05 Å². The maximum atomic E-state index is 11.8. The van der Waals surface area contributed by atoms with Crippen molar-refractivity contribution in [2.24, 2.45) is 0 Å². The molecule has 1 aliphatic rings. The molecule has 0 aliphatic carbocycles. The monoisotopic (exact) mass is 273 g/mol. The van der Waals surface area contributed by atoms with Gasteiger partial charge in [-0.2, -0.15) is 5.26 Å². The van der Waals surface area contributed by atoms with Crippen molar-refractivity contribution in [2.45, 2.75) is 19.0 Å². The summed E-state index contributed by atoms with van der Waals surface area (Å²) >= 11 is 0. The van der Waals surface area contributed by atoms with E-state index >= 15 is 0 Å². The van der Waals surface area contributed by atoms with E-state index in [0.717, 1.165) is 10.5 Å². The smallest absolute Gasteiger partial charge is 0.246 e. The molecule has 0 bridgehead atoms. The highest BCUT2D eigenvalue weighted by Gasteiger charge is 2.35. The van der Waals surface area contributed by atoms with Crippen LogP contribution in [-0.2, 0) is 16.1 Å². The summed E-state index contributed by atoms with van der Waals surface area (Å²) in [6.45, 7) is 0.357. The fraction of sp³-hybridized carbons (Fsp3) is 0.357. The molecule has 1 aromatic rings. The van der Waals surface area contributed by atoms with Crippen LogP contribution in [0, 0.1) is 11.3 Å². The molecule has 1 unspecified atom stereocenters. The first-order valence-electron chi connectivity index (χ1n) is 6.17. The number of likely N-dealkylation sites (N-methyl/N-ethyl adjacent to an activating group) is 1. The fourth-order valence-electron chi connectivity index (χ4n) is 2.13. The minimum Gasteiger partial charge on any atom is -0.496 e. The third-order valence-electron chi connectivity index (χ3n) is 3.33. The molecule has 2 amide bonds. The van der Waals surface area contributed by atoms with Crippen LogP contribution < -0.4 is 10.1 Å². The molecule has 1 heterocycles. The standard InChI is InChI=1S/C14H15N3O3/c1-17-13(18)6-11(14(17)19)16-8-10-5-9(7-15)3-4-12(10)20-2/h3-5,11,16H,6,8H2,1-2H3. The van der Waals surface area contributed by atoms with E-state index in [1.54, 1.807) is 25.3 Å². The quantitative estimate of drug-likeness (QED) is 0.804. The van der Waals surface area contributed by atoms with E-state index in [9.17, 15) is 9.59 Å². The van der Waals surface area contributed by atoms with Crippen LogP contribution in [0.5, 0.6) is 5.75 Å². The SMILES string of the molecule is COc1ccc(C#N)cc1CNC1CC(=O)N(C)C1=O. The van der Waals surface area contributed by atoms with Gasteiger partial charge in [-0.05, 0) is 18.2 Å². The Bertz CT molecular complexity index is 592. The number of benzene rings is 1. The second-order valence-electron chi connectivity index (χ2n) is 4.57. The van der Waals surface area contributed by atoms with E-state index in [4.69, 9.17) is 10.00 Å². The zero-order chi connectivity index (χ0) is 14.7. The summed E-state index contributed by atoms with van der Waals surface area (Å²) < 4.78 is 5.22. The zero-order valence-corrected chi connectivity index (χ0v) is 11.3. The van der Waals surface area contributed by atoms with Crippen molar-refractivity contribution < 1.29 is 14.3 Å². The number of imide groups is 1. The van der Waals surface area contributed by atoms with Crippen LogP contribution in [0.1, 0.15) is 17.5 Å². The number of likely N-dealkylation sites (tertiary alicyclic amines) is 1. The van der Waals surface area contributed by atoms with Gasteiger partial charge in [-0.3, -0.25) is 14.5 Å². The topological polar surface area (TPSA) is 82.4 Å². The van der Waals surface area contributed by atoms with E-state index in [1.807, 2.05) is 0 Å². The highest BCUT2D eigenvalue weighted by atomic mass is 16.5. The predicted molar refractivity (Wildman–Crippen MR) is 70.7 cm³/mol. The zero-order valence-electron chi connectivity index (χ0n) is 11.3. The lowest BCUT2D eigenvalue weighted by molar-refractivity contribution is -0.137. The Morgan fingerprint density at radius 2 is 2.25 bits per heavy atom. The summed E-state index contributed by atoms with van der Waals surface area (Å²) in [7, 11) is 3.02. The molecule has 1 atom stereocenters. The normalized spacial score (nSPS) is 18.2. The number of nitrogens with zero attached hydrogens (tertiary/aromatic N) is 2. The van der Waals surface area contributed by atoms with E-state index < -0.39 is 6.04 Å². The molecule has 1 aromatic carbocycles. The largest absolute Gasteiger partial charge is 0.496 e. The van der Waals surface area contributed by atoms with E-state index in [0.29, 0.717) is 17.9 Å². The molecule has 2 rings (SSSR count). The van der Waals surface area contributed by atoms with Crippen molar-refractivity contribution in [3.8, 4) is 11.8 Å². The van der Waals surface area contributed by atoms with Gasteiger partial charge in [0.15, 0.2) is 0 Å². The van der Waals surface area contributed by atoms with Gasteiger partial charge in [0.2, 0.25) is 11.8 Å². The molecule has 1 aliphatic heterocycles. The van der Waals surface area contributed by atoms with Crippen LogP contribution in [0.15, 0.2) is 18.2 Å². The summed E-state index contributed by atoms with van der Waals surface area (Å²) in [4.78, 5) is 24.3. The summed E-state index contributed by atoms with van der Waals surface area (Å²) in [5, 5.41) is 11.9. The third kappa shape index (κ3) is 2.63. The van der Waals surface area contributed by atoms with Crippen LogP contribution >= 0.6 is 0 Å². The second kappa shape index (κ2) is 5.72. The molecule has 6 heteroatoms. The van der Waals surface area contributed by atoms with Gasteiger partial charge in [0, 0.05) is 19.2 Å². The number of nitrogens with one attached hydrogen (secondary N) is 1. The summed E-state index contributed by atoms with van der Waals surface area (Å²) in [6.07, 6.45) is 0.162. The summed E-state index contributed by atoms with van der Waals surface area (Å²) in [5.41, 5.74) is 1.30. The van der Waals surface area contributed by atoms with Gasteiger partial charge >= 0.3 is 0 Å². The predicted octanol–water partition coefficient (Wildman–Crippen LogP) is 0.414. The van der Waals surface area contributed by atoms with E-state index in [2.05, 4.69) is 11.4 Å². The van der Waals surface area contributed by atoms with Crippen molar-refractivity contribution in [1.82, 2.24) is 10.2 Å². The average Bonchev–Trinajstić information content (AvgIpc) is 2.72. The molecule has 0 saturated carbocycles. The Balaban J connectivity index is 2.10. The highest BCUT2D eigenvalue weighted by molar-refractivity contribution is 6.05. The molecular formula is C14H15N3O3.